The summed E-state index contributed by atoms with van der Waals surface area (Å²) in [6.07, 6.45) is 6.47. The Morgan fingerprint density at radius 2 is 1.21 bits per heavy atom. The van der Waals surface area contributed by atoms with Crippen LogP contribution in [-0.4, -0.2) is 124 Å². The van der Waals surface area contributed by atoms with Crippen LogP contribution in [0.5, 0.6) is 0 Å². The quantitative estimate of drug-likeness (QED) is 0.118. The smallest absolute Gasteiger partial charge is 0.271 e. The summed E-state index contributed by atoms with van der Waals surface area (Å²) in [5.41, 5.74) is 5.06. The van der Waals surface area contributed by atoms with Crippen molar-refractivity contribution in [2.24, 2.45) is 0 Å². The minimum absolute atomic E-state index is 0.209. The number of aryl methyl sites for hydroxylation is 2. The van der Waals surface area contributed by atoms with E-state index >= 15 is 0 Å². The zero-order valence-corrected chi connectivity index (χ0v) is 35.3. The summed E-state index contributed by atoms with van der Waals surface area (Å²) in [5.74, 6) is -0.504. The van der Waals surface area contributed by atoms with Crippen molar-refractivity contribution in [3.8, 4) is 0 Å². The van der Waals surface area contributed by atoms with E-state index in [2.05, 4.69) is 106 Å². The number of likely N-dealkylation sites (N-methyl/N-ethyl adjacent to an activating group) is 2. The lowest BCUT2D eigenvalue weighted by Gasteiger charge is -2.19. The highest BCUT2D eigenvalue weighted by Crippen LogP contribution is 2.15. The van der Waals surface area contributed by atoms with Gasteiger partial charge in [-0.05, 0) is 94.7 Å². The summed E-state index contributed by atoms with van der Waals surface area (Å²) in [4.78, 5) is 46.4. The summed E-state index contributed by atoms with van der Waals surface area (Å²) in [6, 6.07) is 11.4. The maximum atomic E-state index is 12.4. The first-order valence-corrected chi connectivity index (χ1v) is 20.1. The minimum atomic E-state index is -0.469. The number of alkyl halides is 2. The number of aromatic nitrogens is 10. The number of rotatable bonds is 18. The summed E-state index contributed by atoms with van der Waals surface area (Å²) in [7, 11) is 0. The summed E-state index contributed by atoms with van der Waals surface area (Å²) in [6.45, 7) is 8.55. The van der Waals surface area contributed by atoms with E-state index in [-0.39, 0.29) is 24.9 Å². The van der Waals surface area contributed by atoms with E-state index in [4.69, 9.17) is 0 Å². The van der Waals surface area contributed by atoms with Gasteiger partial charge in [0.15, 0.2) is 0 Å². The van der Waals surface area contributed by atoms with Gasteiger partial charge in [-0.3, -0.25) is 29.4 Å². The summed E-state index contributed by atoms with van der Waals surface area (Å²) >= 11 is 4.43. The highest BCUT2D eigenvalue weighted by Gasteiger charge is 2.13. The van der Waals surface area contributed by atoms with Crippen LogP contribution in [-0.2, 0) is 26.2 Å². The Morgan fingerprint density at radius 1 is 0.732 bits per heavy atom. The van der Waals surface area contributed by atoms with Crippen molar-refractivity contribution < 1.29 is 18.4 Å². The van der Waals surface area contributed by atoms with Gasteiger partial charge in [0.25, 0.3) is 11.8 Å². The molecule has 0 saturated carbocycles. The van der Waals surface area contributed by atoms with Crippen molar-refractivity contribution >= 4 is 79.1 Å². The van der Waals surface area contributed by atoms with Crippen LogP contribution in [0.3, 0.4) is 0 Å². The van der Waals surface area contributed by atoms with Gasteiger partial charge in [0, 0.05) is 58.8 Å². The van der Waals surface area contributed by atoms with Crippen molar-refractivity contribution in [2.45, 2.75) is 40.0 Å². The van der Waals surface area contributed by atoms with Gasteiger partial charge in [0.05, 0.1) is 58.9 Å². The lowest BCUT2D eigenvalue weighted by Crippen LogP contribution is -2.35. The van der Waals surface area contributed by atoms with Crippen molar-refractivity contribution in [3.63, 3.8) is 0 Å². The van der Waals surface area contributed by atoms with Crippen LogP contribution < -0.4 is 10.6 Å². The summed E-state index contributed by atoms with van der Waals surface area (Å²) < 4.78 is 29.8. The third-order valence-corrected chi connectivity index (χ3v) is 9.71. The first kappa shape index (κ1) is 42.7. The first-order valence-electron chi connectivity index (χ1n) is 17.9. The maximum absolute atomic E-state index is 12.4. The number of hydrogen-bond donors (Lipinski definition) is 2. The van der Waals surface area contributed by atoms with Gasteiger partial charge in [-0.25, -0.2) is 28.1 Å². The van der Waals surface area contributed by atoms with E-state index in [1.165, 1.54) is 21.8 Å². The molecule has 56 heavy (non-hydrogen) atoms. The number of carbonyl (C=O) groups excluding carboxylic acids is 2. The Hall–Kier alpha value is -4.42. The van der Waals surface area contributed by atoms with Crippen molar-refractivity contribution in [3.05, 3.63) is 91.1 Å². The summed E-state index contributed by atoms with van der Waals surface area (Å²) in [5, 5.41) is 21.6. The van der Waals surface area contributed by atoms with Gasteiger partial charge in [0.2, 0.25) is 0 Å². The molecule has 20 heteroatoms. The average Bonchev–Trinajstić information content (AvgIpc) is 3.85. The standard InChI is InChI=1S/2C18H21FIN7O/c2*1-2-26(11-14-12-27(7-5-19)25-24-14)8-6-21-18(28)17-10-22-16-9-13(20)3-4-15(16)23-17/h2*3-4,9-10,12H,2,5-8,11H2,1H3,(H,21,28)/i20-2;. The molecule has 0 radical (unpaired) electrons. The fraction of sp³-hybridized carbons (Fsp3) is 0.389. The predicted octanol–water partition coefficient (Wildman–Crippen LogP) is 4.09. The fourth-order valence-electron chi connectivity index (χ4n) is 5.39. The molecule has 16 nitrogen and oxygen atoms in total. The Labute approximate surface area is 349 Å². The number of nitrogens with one attached hydrogen (secondary N) is 2. The van der Waals surface area contributed by atoms with E-state index in [0.717, 1.165) is 42.7 Å². The van der Waals surface area contributed by atoms with E-state index < -0.39 is 13.3 Å². The molecule has 0 saturated heterocycles. The Balaban J connectivity index is 0.000000214. The first-order chi connectivity index (χ1) is 27.2. The van der Waals surface area contributed by atoms with Crippen LogP contribution in [0.1, 0.15) is 46.2 Å². The molecule has 6 rings (SSSR count). The van der Waals surface area contributed by atoms with Crippen LogP contribution >= 0.6 is 45.2 Å². The third-order valence-electron chi connectivity index (χ3n) is 8.37. The highest BCUT2D eigenvalue weighted by atomic mass is 127. The van der Waals surface area contributed by atoms with E-state index in [1.807, 2.05) is 50.2 Å². The molecule has 0 aliphatic heterocycles. The molecule has 2 aromatic carbocycles. The van der Waals surface area contributed by atoms with Crippen LogP contribution in [0, 0.1) is 7.14 Å². The molecule has 0 bridgehead atoms. The van der Waals surface area contributed by atoms with Crippen LogP contribution in [0.4, 0.5) is 8.78 Å². The predicted molar refractivity (Wildman–Crippen MR) is 223 cm³/mol. The Bertz CT molecular complexity index is 2050. The van der Waals surface area contributed by atoms with Gasteiger partial charge in [-0.1, -0.05) is 24.3 Å². The molecule has 0 unspecified atom stereocenters. The molecule has 4 aromatic heterocycles. The van der Waals surface area contributed by atoms with E-state index in [1.54, 1.807) is 12.4 Å². The van der Waals surface area contributed by atoms with Gasteiger partial charge in [-0.2, -0.15) is 0 Å². The Morgan fingerprint density at radius 3 is 1.70 bits per heavy atom. The molecule has 0 atom stereocenters. The van der Waals surface area contributed by atoms with Crippen molar-refractivity contribution in [1.29, 1.82) is 0 Å². The molecule has 6 aromatic rings. The zero-order valence-electron chi connectivity index (χ0n) is 31.0. The molecule has 296 valence electrons. The maximum Gasteiger partial charge on any atom is 0.271 e. The van der Waals surface area contributed by atoms with E-state index in [0.29, 0.717) is 61.7 Å². The lowest BCUT2D eigenvalue weighted by molar-refractivity contribution is 0.0935. The van der Waals surface area contributed by atoms with Gasteiger partial charge in [-0.15, -0.1) is 10.2 Å². The second-order valence-electron chi connectivity index (χ2n) is 12.3. The number of fused-ring (bicyclic) bond motifs is 2. The minimum Gasteiger partial charge on any atom is -0.349 e. The molecule has 0 fully saturated rings. The number of amides is 2. The normalized spacial score (nSPS) is 11.3. The molecule has 0 spiro atoms. The number of benzene rings is 2. The topological polar surface area (TPSA) is 178 Å². The fourth-order valence-corrected chi connectivity index (χ4v) is 6.34. The Kier molecular flexibility index (Phi) is 16.6. The number of halogens is 4. The average molecular weight is 993 g/mol. The van der Waals surface area contributed by atoms with Gasteiger partial charge >= 0.3 is 0 Å². The molecular weight excluding hydrogens is 950 g/mol. The number of carbonyl (C=O) groups is 2. The van der Waals surface area contributed by atoms with Crippen molar-refractivity contribution in [1.82, 2.24) is 70.4 Å². The monoisotopic (exact) mass is 992 g/mol. The number of nitrogens with zero attached hydrogens (tertiary/aromatic N) is 12. The molecule has 4 heterocycles. The molecule has 0 aliphatic carbocycles. The van der Waals surface area contributed by atoms with Crippen LogP contribution in [0.25, 0.3) is 22.1 Å². The second-order valence-corrected chi connectivity index (χ2v) is 14.8. The van der Waals surface area contributed by atoms with Crippen molar-refractivity contribution in [2.75, 3.05) is 52.6 Å². The SMILES string of the molecule is CCN(CCNC(=O)c1cnc2cc(I)ccc2n1)Cc1cn(CCF)nn1.CCN(CCNC(=O)c1cnc2cc([125I])ccc2n1)Cc1cn(CCF)nn1. The third kappa shape index (κ3) is 12.8. The van der Waals surface area contributed by atoms with Gasteiger partial charge in [0.1, 0.15) is 24.7 Å². The van der Waals surface area contributed by atoms with Crippen LogP contribution in [0.15, 0.2) is 61.2 Å². The van der Waals surface area contributed by atoms with E-state index in [9.17, 15) is 18.4 Å². The second kappa shape index (κ2) is 21.8. The molecule has 0 aliphatic rings. The molecule has 2 N–H and O–H groups in total. The molecular formula is C36H42F2I2N14O2. The highest BCUT2D eigenvalue weighted by molar-refractivity contribution is 14.1. The lowest BCUT2D eigenvalue weighted by atomic mass is 10.3. The largest absolute Gasteiger partial charge is 0.349 e. The number of hydrogen-bond acceptors (Lipinski definition) is 12. The van der Waals surface area contributed by atoms with Gasteiger partial charge < -0.3 is 10.6 Å². The zero-order chi connectivity index (χ0) is 39.9. The molecule has 2 amide bonds. The van der Waals surface area contributed by atoms with Crippen LogP contribution in [0.2, 0.25) is 0 Å².